The van der Waals surface area contributed by atoms with Gasteiger partial charge in [-0.15, -0.1) is 0 Å². The van der Waals surface area contributed by atoms with Crippen LogP contribution in [0.3, 0.4) is 0 Å². The van der Waals surface area contributed by atoms with Crippen molar-refractivity contribution in [2.45, 2.75) is 25.3 Å². The molecule has 0 amide bonds. The van der Waals surface area contributed by atoms with Gasteiger partial charge in [0.05, 0.1) is 19.9 Å². The Bertz CT molecular complexity index is 708. The van der Waals surface area contributed by atoms with E-state index in [0.29, 0.717) is 23.7 Å². The number of nitrogens with zero attached hydrogens (tertiary/aromatic N) is 2. The Balaban J connectivity index is 2.01. The largest absolute Gasteiger partial charge is 0.493 e. The van der Waals surface area contributed by atoms with Gasteiger partial charge >= 0.3 is 5.97 Å². The number of imidazole rings is 1. The van der Waals surface area contributed by atoms with Gasteiger partial charge in [0.15, 0.2) is 11.5 Å². The van der Waals surface area contributed by atoms with Crippen molar-refractivity contribution in [3.05, 3.63) is 30.2 Å². The van der Waals surface area contributed by atoms with Gasteiger partial charge in [-0.1, -0.05) is 0 Å². The fraction of sp³-hybridized carbons (Fsp3) is 0.375. The van der Waals surface area contributed by atoms with Crippen LogP contribution in [0.5, 0.6) is 11.5 Å². The molecule has 6 nitrogen and oxygen atoms in total. The molecule has 0 aliphatic carbocycles. The zero-order valence-corrected chi connectivity index (χ0v) is 12.6. The van der Waals surface area contributed by atoms with Gasteiger partial charge in [0.25, 0.3) is 0 Å². The first-order chi connectivity index (χ1) is 10.6. The summed E-state index contributed by atoms with van der Waals surface area (Å²) in [6.07, 6.45) is 3.40. The molecular weight excluding hydrogens is 284 g/mol. The number of hydrogen-bond donors (Lipinski definition) is 1. The second-order valence-corrected chi connectivity index (χ2v) is 5.28. The summed E-state index contributed by atoms with van der Waals surface area (Å²) in [5.74, 6) is 0.566. The van der Waals surface area contributed by atoms with E-state index in [1.165, 1.54) is 0 Å². The maximum absolute atomic E-state index is 11.4. The summed E-state index contributed by atoms with van der Waals surface area (Å²) in [5, 5.41) is 9.33. The number of ether oxygens (including phenoxy) is 2. The summed E-state index contributed by atoms with van der Waals surface area (Å²) >= 11 is 0. The van der Waals surface area contributed by atoms with Crippen molar-refractivity contribution in [3.8, 4) is 22.8 Å². The molecule has 0 spiro atoms. The third kappa shape index (κ3) is 2.41. The minimum absolute atomic E-state index is 0.525. The highest BCUT2D eigenvalue weighted by atomic mass is 16.5. The molecule has 1 unspecified atom stereocenters. The van der Waals surface area contributed by atoms with Crippen molar-refractivity contribution in [1.82, 2.24) is 9.55 Å². The number of carboxylic acid groups (broad SMARTS) is 1. The van der Waals surface area contributed by atoms with Crippen molar-refractivity contribution in [2.75, 3.05) is 14.2 Å². The average Bonchev–Trinajstić information content (AvgIpc) is 2.97. The topological polar surface area (TPSA) is 73.6 Å². The van der Waals surface area contributed by atoms with Gasteiger partial charge in [0.1, 0.15) is 11.7 Å². The van der Waals surface area contributed by atoms with Crippen LogP contribution >= 0.6 is 0 Å². The number of carboxylic acids is 1. The van der Waals surface area contributed by atoms with Crippen LogP contribution in [0.4, 0.5) is 0 Å². The second-order valence-electron chi connectivity index (χ2n) is 5.28. The van der Waals surface area contributed by atoms with E-state index in [-0.39, 0.29) is 0 Å². The van der Waals surface area contributed by atoms with Crippen molar-refractivity contribution in [1.29, 1.82) is 0 Å². The average molecular weight is 302 g/mol. The molecule has 1 aliphatic rings. The highest BCUT2D eigenvalue weighted by molar-refractivity contribution is 5.75. The number of aromatic nitrogens is 2. The van der Waals surface area contributed by atoms with E-state index in [9.17, 15) is 9.90 Å². The molecule has 3 rings (SSSR count). The third-order valence-corrected chi connectivity index (χ3v) is 3.99. The molecule has 0 radical (unpaired) electrons. The lowest BCUT2D eigenvalue weighted by Crippen LogP contribution is -2.21. The summed E-state index contributed by atoms with van der Waals surface area (Å²) in [6, 6.07) is 5.57. The Morgan fingerprint density at radius 1 is 1.32 bits per heavy atom. The molecule has 0 fully saturated rings. The van der Waals surface area contributed by atoms with Gasteiger partial charge in [0.2, 0.25) is 0 Å². The fourth-order valence-electron chi connectivity index (χ4n) is 2.85. The normalized spacial score (nSPS) is 16.9. The number of benzene rings is 1. The first-order valence-corrected chi connectivity index (χ1v) is 7.16. The molecule has 6 heteroatoms. The molecule has 0 saturated heterocycles. The Labute approximate surface area is 128 Å². The van der Waals surface area contributed by atoms with E-state index < -0.39 is 11.9 Å². The Kier molecular flexibility index (Phi) is 3.75. The van der Waals surface area contributed by atoms with Crippen molar-refractivity contribution in [3.63, 3.8) is 0 Å². The van der Waals surface area contributed by atoms with Crippen LogP contribution in [-0.4, -0.2) is 34.8 Å². The Morgan fingerprint density at radius 2 is 2.09 bits per heavy atom. The standard InChI is InChI=1S/C16H18N2O4/c1-21-13-6-5-10(8-14(13)22-2)12-9-18-7-3-4-11(16(19)20)15(18)17-12/h5-6,8-9,11H,3-4,7H2,1-2H3,(H,19,20). The van der Waals surface area contributed by atoms with Crippen LogP contribution in [0.2, 0.25) is 0 Å². The van der Waals surface area contributed by atoms with Crippen LogP contribution in [0.1, 0.15) is 24.6 Å². The maximum atomic E-state index is 11.4. The first kappa shape index (κ1) is 14.4. The minimum atomic E-state index is -0.814. The summed E-state index contributed by atoms with van der Waals surface area (Å²) in [6.45, 7) is 0.805. The second kappa shape index (κ2) is 5.71. The molecule has 1 aromatic heterocycles. The Morgan fingerprint density at radius 3 is 2.77 bits per heavy atom. The van der Waals surface area contributed by atoms with E-state index in [2.05, 4.69) is 4.98 Å². The number of rotatable bonds is 4. The van der Waals surface area contributed by atoms with Crippen LogP contribution < -0.4 is 9.47 Å². The van der Waals surface area contributed by atoms with Gasteiger partial charge in [0, 0.05) is 18.3 Å². The lowest BCUT2D eigenvalue weighted by Gasteiger charge is -2.19. The summed E-state index contributed by atoms with van der Waals surface area (Å²) in [4.78, 5) is 15.9. The van der Waals surface area contributed by atoms with Gasteiger partial charge in [-0.25, -0.2) is 4.98 Å². The Hall–Kier alpha value is -2.50. The van der Waals surface area contributed by atoms with E-state index in [1.807, 2.05) is 29.0 Å². The third-order valence-electron chi connectivity index (χ3n) is 3.99. The molecule has 0 saturated carbocycles. The van der Waals surface area contributed by atoms with Crippen LogP contribution in [0.15, 0.2) is 24.4 Å². The zero-order valence-electron chi connectivity index (χ0n) is 12.6. The molecule has 116 valence electrons. The summed E-state index contributed by atoms with van der Waals surface area (Å²) < 4.78 is 12.5. The predicted molar refractivity (Wildman–Crippen MR) is 80.4 cm³/mol. The SMILES string of the molecule is COc1ccc(-c2cn3c(n2)C(C(=O)O)CCC3)cc1OC. The van der Waals surface area contributed by atoms with Gasteiger partial charge in [-0.3, -0.25) is 4.79 Å². The first-order valence-electron chi connectivity index (χ1n) is 7.16. The quantitative estimate of drug-likeness (QED) is 0.939. The molecule has 0 bridgehead atoms. The van der Waals surface area contributed by atoms with Crippen molar-refractivity contribution < 1.29 is 19.4 Å². The zero-order chi connectivity index (χ0) is 15.7. The smallest absolute Gasteiger partial charge is 0.314 e. The monoisotopic (exact) mass is 302 g/mol. The lowest BCUT2D eigenvalue weighted by atomic mass is 9.99. The number of fused-ring (bicyclic) bond motifs is 1. The molecule has 1 aliphatic heterocycles. The summed E-state index contributed by atoms with van der Waals surface area (Å²) in [5.41, 5.74) is 1.63. The van der Waals surface area contributed by atoms with Crippen molar-refractivity contribution >= 4 is 5.97 Å². The van der Waals surface area contributed by atoms with E-state index in [0.717, 1.165) is 24.2 Å². The predicted octanol–water partition coefficient (Wildman–Crippen LogP) is 2.53. The molecule has 1 aromatic carbocycles. The number of hydrogen-bond acceptors (Lipinski definition) is 4. The highest BCUT2D eigenvalue weighted by Gasteiger charge is 2.29. The fourth-order valence-corrected chi connectivity index (χ4v) is 2.85. The highest BCUT2D eigenvalue weighted by Crippen LogP contribution is 2.34. The van der Waals surface area contributed by atoms with E-state index in [4.69, 9.17) is 9.47 Å². The van der Waals surface area contributed by atoms with Crippen molar-refractivity contribution in [2.24, 2.45) is 0 Å². The maximum Gasteiger partial charge on any atom is 0.314 e. The van der Waals surface area contributed by atoms with Gasteiger partial charge in [-0.2, -0.15) is 0 Å². The molecule has 2 heterocycles. The lowest BCUT2D eigenvalue weighted by molar-refractivity contribution is -0.139. The number of carbonyl (C=O) groups is 1. The van der Waals surface area contributed by atoms with E-state index in [1.54, 1.807) is 14.2 Å². The molecule has 1 atom stereocenters. The van der Waals surface area contributed by atoms with Gasteiger partial charge < -0.3 is 19.1 Å². The number of aliphatic carboxylic acids is 1. The van der Waals surface area contributed by atoms with Crippen LogP contribution in [0.25, 0.3) is 11.3 Å². The van der Waals surface area contributed by atoms with E-state index >= 15 is 0 Å². The van der Waals surface area contributed by atoms with Gasteiger partial charge in [-0.05, 0) is 31.0 Å². The molecule has 2 aromatic rings. The minimum Gasteiger partial charge on any atom is -0.493 e. The molecule has 22 heavy (non-hydrogen) atoms. The number of methoxy groups -OCH3 is 2. The van der Waals surface area contributed by atoms with Crippen LogP contribution in [-0.2, 0) is 11.3 Å². The van der Waals surface area contributed by atoms with Crippen LogP contribution in [0, 0.1) is 0 Å². The number of aryl methyl sites for hydroxylation is 1. The summed E-state index contributed by atoms with van der Waals surface area (Å²) in [7, 11) is 3.17. The molecular formula is C16H18N2O4. The molecule has 1 N–H and O–H groups in total.